The number of nitriles is 4. The van der Waals surface area contributed by atoms with Crippen LogP contribution in [0.4, 0.5) is 13.2 Å². The van der Waals surface area contributed by atoms with Gasteiger partial charge in [-0.15, -0.1) is 0 Å². The second-order valence-corrected chi connectivity index (χ2v) is 14.9. The molecule has 0 N–H and O–H groups in total. The van der Waals surface area contributed by atoms with E-state index in [-0.39, 0.29) is 16.7 Å². The molecule has 0 unspecified atom stereocenters. The molecule has 0 amide bonds. The van der Waals surface area contributed by atoms with Crippen molar-refractivity contribution < 1.29 is 13.2 Å². The van der Waals surface area contributed by atoms with Crippen molar-refractivity contribution in [1.82, 2.24) is 9.13 Å². The number of hydrogen-bond donors (Lipinski definition) is 0. The molecule has 2 aromatic heterocycles. The van der Waals surface area contributed by atoms with Crippen LogP contribution in [-0.4, -0.2) is 9.13 Å². The first-order chi connectivity index (χ1) is 30.2. The van der Waals surface area contributed by atoms with E-state index in [2.05, 4.69) is 36.4 Å². The van der Waals surface area contributed by atoms with Crippen molar-refractivity contribution in [3.05, 3.63) is 192 Å². The van der Waals surface area contributed by atoms with Crippen molar-refractivity contribution in [2.75, 3.05) is 0 Å². The maximum atomic E-state index is 14.3. The van der Waals surface area contributed by atoms with Gasteiger partial charge in [0.25, 0.3) is 0 Å². The SMILES string of the molecule is N#Cc1cccc(-c2ccc3c(c2)c2ccccc2n3-c2cc(C#N)cc(-n3c4ccccc4c4cc(-c5cccc(C#N)c5)ccc43)c2-c2ccc(C(F)(F)F)cc2C#N)c1. The molecule has 10 rings (SSSR count). The van der Waals surface area contributed by atoms with Crippen LogP contribution in [0.5, 0.6) is 0 Å². The van der Waals surface area contributed by atoms with Crippen LogP contribution in [0.15, 0.2) is 164 Å². The lowest BCUT2D eigenvalue weighted by atomic mass is 9.93. The predicted molar refractivity (Wildman–Crippen MR) is 235 cm³/mol. The Kier molecular flexibility index (Phi) is 8.70. The molecule has 0 fully saturated rings. The Hall–Kier alpha value is -8.89. The van der Waals surface area contributed by atoms with Crippen LogP contribution >= 0.6 is 0 Å². The number of alkyl halides is 3. The third kappa shape index (κ3) is 6.01. The van der Waals surface area contributed by atoms with Gasteiger partial charge in [0, 0.05) is 32.7 Å². The normalized spacial score (nSPS) is 11.4. The van der Waals surface area contributed by atoms with Crippen LogP contribution < -0.4 is 0 Å². The minimum atomic E-state index is -4.70. The fourth-order valence-corrected chi connectivity index (χ4v) is 8.70. The first kappa shape index (κ1) is 37.4. The van der Waals surface area contributed by atoms with Gasteiger partial charge in [0.15, 0.2) is 0 Å². The second kappa shape index (κ2) is 14.4. The summed E-state index contributed by atoms with van der Waals surface area (Å²) in [5, 5.41) is 44.1. The van der Waals surface area contributed by atoms with Gasteiger partial charge in [-0.2, -0.15) is 34.2 Å². The van der Waals surface area contributed by atoms with Crippen molar-refractivity contribution >= 4 is 43.6 Å². The average molecular weight is 805 g/mol. The van der Waals surface area contributed by atoms with E-state index in [1.165, 1.54) is 6.07 Å². The molecule has 62 heavy (non-hydrogen) atoms. The maximum absolute atomic E-state index is 14.3. The van der Waals surface area contributed by atoms with Gasteiger partial charge in [0.2, 0.25) is 0 Å². The van der Waals surface area contributed by atoms with Gasteiger partial charge < -0.3 is 9.13 Å². The van der Waals surface area contributed by atoms with Gasteiger partial charge in [-0.3, -0.25) is 0 Å². The molecule has 0 saturated heterocycles. The molecular formula is C53H27F3N6. The molecule has 10 aromatic rings. The van der Waals surface area contributed by atoms with Gasteiger partial charge >= 0.3 is 6.18 Å². The van der Waals surface area contributed by atoms with Crippen LogP contribution in [0.3, 0.4) is 0 Å². The molecule has 2 heterocycles. The Bertz CT molecular complexity index is 3500. The Balaban J connectivity index is 1.33. The van der Waals surface area contributed by atoms with E-state index in [1.807, 2.05) is 118 Å². The highest BCUT2D eigenvalue weighted by Gasteiger charge is 2.32. The lowest BCUT2D eigenvalue weighted by Crippen LogP contribution is -2.08. The number of para-hydroxylation sites is 2. The zero-order valence-corrected chi connectivity index (χ0v) is 32.4. The molecule has 0 aliphatic carbocycles. The smallest absolute Gasteiger partial charge is 0.308 e. The molecular weight excluding hydrogens is 778 g/mol. The molecule has 0 aliphatic rings. The molecule has 0 atom stereocenters. The van der Waals surface area contributed by atoms with E-state index in [4.69, 9.17) is 0 Å². The Morgan fingerprint density at radius 3 is 1.32 bits per heavy atom. The zero-order valence-electron chi connectivity index (χ0n) is 32.4. The summed E-state index contributed by atoms with van der Waals surface area (Å²) in [6.45, 7) is 0. The summed E-state index contributed by atoms with van der Waals surface area (Å²) in [4.78, 5) is 0. The Morgan fingerprint density at radius 1 is 0.387 bits per heavy atom. The van der Waals surface area contributed by atoms with E-state index in [9.17, 15) is 34.2 Å². The van der Waals surface area contributed by atoms with Crippen LogP contribution in [0.1, 0.15) is 27.8 Å². The molecule has 290 valence electrons. The van der Waals surface area contributed by atoms with Gasteiger partial charge in [0.1, 0.15) is 0 Å². The van der Waals surface area contributed by atoms with E-state index < -0.39 is 11.7 Å². The number of halogens is 3. The molecule has 0 radical (unpaired) electrons. The number of nitrogens with zero attached hydrogens (tertiary/aromatic N) is 6. The summed E-state index contributed by atoms with van der Waals surface area (Å²) >= 11 is 0. The number of aromatic nitrogens is 2. The number of hydrogen-bond acceptors (Lipinski definition) is 4. The molecule has 0 bridgehead atoms. The number of fused-ring (bicyclic) bond motifs is 6. The van der Waals surface area contributed by atoms with E-state index >= 15 is 0 Å². The summed E-state index contributed by atoms with van der Waals surface area (Å²) < 4.78 is 46.8. The highest BCUT2D eigenvalue weighted by molar-refractivity contribution is 6.13. The van der Waals surface area contributed by atoms with Crippen molar-refractivity contribution in [1.29, 1.82) is 21.0 Å². The third-order valence-corrected chi connectivity index (χ3v) is 11.4. The van der Waals surface area contributed by atoms with Crippen LogP contribution in [0.2, 0.25) is 0 Å². The minimum Gasteiger partial charge on any atom is -0.308 e. The number of benzene rings is 8. The monoisotopic (exact) mass is 804 g/mol. The summed E-state index contributed by atoms with van der Waals surface area (Å²) in [6, 6.07) is 57.7. The predicted octanol–water partition coefficient (Wildman–Crippen LogP) is 13.4. The largest absolute Gasteiger partial charge is 0.416 e. The van der Waals surface area contributed by atoms with Gasteiger partial charge in [-0.25, -0.2) is 0 Å². The van der Waals surface area contributed by atoms with Crippen LogP contribution in [0, 0.1) is 45.3 Å². The summed E-state index contributed by atoms with van der Waals surface area (Å²) in [5.41, 5.74) is 8.36. The van der Waals surface area contributed by atoms with Crippen molar-refractivity contribution in [3.8, 4) is 69.0 Å². The van der Waals surface area contributed by atoms with Crippen molar-refractivity contribution in [2.45, 2.75) is 6.18 Å². The highest BCUT2D eigenvalue weighted by Crippen LogP contribution is 2.45. The fraction of sp³-hybridized carbons (Fsp3) is 0.0189. The van der Waals surface area contributed by atoms with E-state index in [0.717, 1.165) is 78.0 Å². The quantitative estimate of drug-likeness (QED) is 0.173. The molecule has 9 heteroatoms. The zero-order chi connectivity index (χ0) is 42.7. The summed E-state index contributed by atoms with van der Waals surface area (Å²) in [7, 11) is 0. The second-order valence-electron chi connectivity index (χ2n) is 14.9. The molecule has 6 nitrogen and oxygen atoms in total. The molecule has 0 aliphatic heterocycles. The highest BCUT2D eigenvalue weighted by atomic mass is 19.4. The Morgan fingerprint density at radius 2 is 0.855 bits per heavy atom. The third-order valence-electron chi connectivity index (χ3n) is 11.4. The van der Waals surface area contributed by atoms with Crippen LogP contribution in [-0.2, 0) is 6.18 Å². The molecule has 0 spiro atoms. The van der Waals surface area contributed by atoms with Crippen molar-refractivity contribution in [3.63, 3.8) is 0 Å². The van der Waals surface area contributed by atoms with E-state index in [0.29, 0.717) is 28.1 Å². The summed E-state index contributed by atoms with van der Waals surface area (Å²) in [6.07, 6.45) is -4.70. The molecule has 0 saturated carbocycles. The average Bonchev–Trinajstić information content (AvgIpc) is 3.82. The van der Waals surface area contributed by atoms with Crippen molar-refractivity contribution in [2.24, 2.45) is 0 Å². The van der Waals surface area contributed by atoms with Gasteiger partial charge in [-0.05, 0) is 107 Å². The summed E-state index contributed by atoms with van der Waals surface area (Å²) in [5.74, 6) is 0. The lowest BCUT2D eigenvalue weighted by Gasteiger charge is -2.22. The van der Waals surface area contributed by atoms with Gasteiger partial charge in [-0.1, -0.05) is 78.9 Å². The first-order valence-electron chi connectivity index (χ1n) is 19.5. The topological polar surface area (TPSA) is 105 Å². The number of rotatable bonds is 5. The van der Waals surface area contributed by atoms with E-state index in [1.54, 1.807) is 24.3 Å². The standard InChI is InChI=1S/C53H27F3N6/c54-53(55,56)40-17-18-41(39(25-40)31-60)52-50(61-46-13-3-1-11-42(46)44-26-37(15-19-48(44)61)35-9-5-7-32(21-35)28-57)23-34(30-59)24-51(52)62-47-14-4-2-12-43(47)45-27-38(16-20-49(45)62)36-10-6-8-33(22-36)29-58/h1-27H. The Labute approximate surface area is 352 Å². The first-order valence-corrected chi connectivity index (χ1v) is 19.5. The molecule has 8 aromatic carbocycles. The lowest BCUT2D eigenvalue weighted by molar-refractivity contribution is -0.137. The maximum Gasteiger partial charge on any atom is 0.416 e. The van der Waals surface area contributed by atoms with Crippen LogP contribution in [0.25, 0.3) is 88.4 Å². The fourth-order valence-electron chi connectivity index (χ4n) is 8.70. The minimum absolute atomic E-state index is 0.187. The van der Waals surface area contributed by atoms with Gasteiger partial charge in [0.05, 0.1) is 85.5 Å².